The second kappa shape index (κ2) is 19.9. The molecule has 7 heterocycles. The van der Waals surface area contributed by atoms with Crippen LogP contribution in [0.3, 0.4) is 0 Å². The minimum absolute atomic E-state index is 0.0764. The molecular weight excluding hydrogens is 949 g/mol. The zero-order chi connectivity index (χ0) is 51.2. The fraction of sp³-hybridized carbons (Fsp3) is 0.442. The van der Waals surface area contributed by atoms with Crippen molar-refractivity contribution in [2.24, 2.45) is 7.05 Å². The van der Waals surface area contributed by atoms with Crippen LogP contribution in [-0.4, -0.2) is 134 Å². The van der Waals surface area contributed by atoms with Crippen LogP contribution in [0.2, 0.25) is 0 Å². The maximum atomic E-state index is 17.1. The minimum Gasteiger partial charge on any atom is -0.508 e. The zero-order valence-corrected chi connectivity index (χ0v) is 40.4. The van der Waals surface area contributed by atoms with E-state index in [4.69, 9.17) is 30.4 Å². The molecule has 21 heteroatoms. The number of aryl methyl sites for hydroxylation is 1. The fourth-order valence-corrected chi connectivity index (χ4v) is 11.1. The van der Waals surface area contributed by atoms with Crippen LogP contribution in [0.4, 0.5) is 19.4 Å². The number of rotatable bonds is 15. The fourth-order valence-electron chi connectivity index (χ4n) is 11.1. The number of phenols is 1. The largest absolute Gasteiger partial charge is 0.508 e. The highest BCUT2D eigenvalue weighted by molar-refractivity contribution is 6.03. The minimum atomic E-state index is -1.04. The van der Waals surface area contributed by atoms with Gasteiger partial charge in [0.2, 0.25) is 11.8 Å². The van der Waals surface area contributed by atoms with Crippen LogP contribution < -0.4 is 30.7 Å². The molecule has 3 aromatic carbocycles. The van der Waals surface area contributed by atoms with E-state index in [1.807, 2.05) is 4.90 Å². The Hall–Kier alpha value is -7.41. The lowest BCUT2D eigenvalue weighted by molar-refractivity contribution is -0.135. The van der Waals surface area contributed by atoms with Crippen molar-refractivity contribution >= 4 is 56.4 Å². The quantitative estimate of drug-likeness (QED) is 0.0604. The van der Waals surface area contributed by atoms with Gasteiger partial charge in [-0.15, -0.1) is 6.42 Å². The number of terminal acetylenes is 1. The molecule has 0 bridgehead atoms. The van der Waals surface area contributed by atoms with E-state index >= 15 is 8.78 Å². The number of nitrogens with zero attached hydrogens (tertiary/aromatic N) is 7. The summed E-state index contributed by atoms with van der Waals surface area (Å²) in [4.78, 5) is 68.1. The van der Waals surface area contributed by atoms with Crippen LogP contribution in [-0.2, 0) is 26.1 Å². The van der Waals surface area contributed by atoms with E-state index in [0.717, 1.165) is 32.2 Å². The van der Waals surface area contributed by atoms with Gasteiger partial charge in [0, 0.05) is 62.4 Å². The predicted molar refractivity (Wildman–Crippen MR) is 263 cm³/mol. The van der Waals surface area contributed by atoms with Gasteiger partial charge >= 0.3 is 17.8 Å². The second-order valence-electron chi connectivity index (χ2n) is 19.5. The van der Waals surface area contributed by atoms with Gasteiger partial charge in [-0.25, -0.2) is 18.4 Å². The second-order valence-corrected chi connectivity index (χ2v) is 19.5. The molecule has 73 heavy (non-hydrogen) atoms. The SMILES string of the molecule is C#Cc1c(F)ccc2cc(O)cc(-c3ncc4c(N5CCC[C@@](C)(O)C5)nc(OC[C@@]56CCCN5[C@H](COC(=O)NCCOCCOc5ccc7c(c5)n(C)c(=O)n7C5CCC(=O)NC5=O)CC6)nc4c3F)c12. The number of halogens is 2. The van der Waals surface area contributed by atoms with Gasteiger partial charge in [-0.2, -0.15) is 9.97 Å². The monoisotopic (exact) mass is 1000 g/mol. The summed E-state index contributed by atoms with van der Waals surface area (Å²) < 4.78 is 58.6. The van der Waals surface area contributed by atoms with Crippen molar-refractivity contribution in [1.29, 1.82) is 0 Å². The maximum Gasteiger partial charge on any atom is 0.407 e. The molecule has 0 aliphatic carbocycles. The highest BCUT2D eigenvalue weighted by Crippen LogP contribution is 2.44. The number of β-amino-alcohol motifs (C(OH)–C–C–N with tert-alkyl or cyclic N) is 1. The average Bonchev–Trinajstić information content (AvgIpc) is 4.01. The van der Waals surface area contributed by atoms with Crippen molar-refractivity contribution < 1.29 is 52.3 Å². The van der Waals surface area contributed by atoms with Gasteiger partial charge in [0.1, 0.15) is 60.2 Å². The van der Waals surface area contributed by atoms with Gasteiger partial charge in [-0.1, -0.05) is 12.0 Å². The van der Waals surface area contributed by atoms with Crippen molar-refractivity contribution in [3.05, 3.63) is 76.3 Å². The Kier molecular flexibility index (Phi) is 13.4. The highest BCUT2D eigenvalue weighted by Gasteiger charge is 2.50. The van der Waals surface area contributed by atoms with Gasteiger partial charge in [0.25, 0.3) is 0 Å². The number of alkyl carbamates (subject to hydrolysis) is 1. The number of amides is 3. The van der Waals surface area contributed by atoms with E-state index in [9.17, 15) is 29.4 Å². The summed E-state index contributed by atoms with van der Waals surface area (Å²) in [5, 5.41) is 27.7. The number of carbonyl (C=O) groups is 3. The normalized spacial score (nSPS) is 22.2. The number of fused-ring (bicyclic) bond motifs is 4. The number of imide groups is 1. The molecule has 4 aliphatic heterocycles. The Balaban J connectivity index is 0.750. The third-order valence-corrected chi connectivity index (χ3v) is 14.6. The number of piperidine rings is 2. The van der Waals surface area contributed by atoms with Crippen molar-refractivity contribution in [3.8, 4) is 41.1 Å². The van der Waals surface area contributed by atoms with Crippen molar-refractivity contribution in [2.75, 3.05) is 64.1 Å². The lowest BCUT2D eigenvalue weighted by Gasteiger charge is -2.38. The van der Waals surface area contributed by atoms with Gasteiger partial charge < -0.3 is 39.4 Å². The lowest BCUT2D eigenvalue weighted by Crippen LogP contribution is -2.48. The number of hydrogen-bond donors (Lipinski definition) is 4. The van der Waals surface area contributed by atoms with Gasteiger partial charge in [0.15, 0.2) is 5.82 Å². The third-order valence-electron chi connectivity index (χ3n) is 14.6. The molecule has 382 valence electrons. The summed E-state index contributed by atoms with van der Waals surface area (Å²) >= 11 is 0. The van der Waals surface area contributed by atoms with E-state index in [2.05, 4.69) is 31.4 Å². The molecule has 6 aromatic rings. The number of hydrogen-bond acceptors (Lipinski definition) is 15. The standard InChI is InChI=1S/C52H55F2N9O10/c1-4-34-37(53)9-7-30-23-32(64)24-35(42(30)34)44-43(54)45-36(26-56-44)46(61-18-5-14-51(2,69)28-61)59-48(58-45)73-29-52-15-6-19-62(52)31(13-16-52)27-72-49(67)55-17-20-70-21-22-71-33-8-10-38-40(25-33)60(3)50(68)63(38)39-11-12-41(65)57-47(39)66/h1,7-10,23-26,31,39,64,69H,5-6,11-22,27-29H2,2-3H3,(H,55,67)(H,57,65,66)/t31-,39?,51+,52-/m0/s1. The number of ether oxygens (including phenoxy) is 4. The molecular formula is C52H55F2N9O10. The van der Waals surface area contributed by atoms with Crippen LogP contribution in [0.25, 0.3) is 44.0 Å². The van der Waals surface area contributed by atoms with Crippen LogP contribution in [0.5, 0.6) is 17.5 Å². The summed E-state index contributed by atoms with van der Waals surface area (Å²) in [5.74, 6) is 0.605. The number of aliphatic hydroxyl groups is 1. The molecule has 4 atom stereocenters. The van der Waals surface area contributed by atoms with Gasteiger partial charge in [0.05, 0.1) is 46.3 Å². The van der Waals surface area contributed by atoms with E-state index in [0.29, 0.717) is 47.4 Å². The molecule has 4 aliphatic rings. The summed E-state index contributed by atoms with van der Waals surface area (Å²) in [6.45, 7) is 4.38. The molecule has 0 radical (unpaired) electrons. The van der Waals surface area contributed by atoms with Gasteiger partial charge in [-0.3, -0.25) is 33.9 Å². The Morgan fingerprint density at radius 2 is 1.84 bits per heavy atom. The average molecular weight is 1000 g/mol. The van der Waals surface area contributed by atoms with Crippen LogP contribution in [0, 0.1) is 24.0 Å². The molecule has 10 rings (SSSR count). The number of benzene rings is 3. The molecule has 0 saturated carbocycles. The number of nitrogens with one attached hydrogen (secondary N) is 2. The number of phenolic OH excluding ortho intramolecular Hbond substituents is 1. The first-order valence-corrected chi connectivity index (χ1v) is 24.4. The third kappa shape index (κ3) is 9.57. The number of carbonyl (C=O) groups excluding carboxylic acids is 3. The molecule has 1 unspecified atom stereocenters. The Bertz CT molecular complexity index is 3280. The topological polar surface area (TPSA) is 225 Å². The van der Waals surface area contributed by atoms with E-state index < -0.39 is 40.8 Å². The zero-order valence-electron chi connectivity index (χ0n) is 40.4. The summed E-state index contributed by atoms with van der Waals surface area (Å²) in [6, 6.07) is 9.52. The Morgan fingerprint density at radius 3 is 2.64 bits per heavy atom. The van der Waals surface area contributed by atoms with Crippen molar-refractivity contribution in [1.82, 2.24) is 39.6 Å². The van der Waals surface area contributed by atoms with Crippen LogP contribution in [0.15, 0.2) is 53.5 Å². The van der Waals surface area contributed by atoms with E-state index in [-0.39, 0.29) is 121 Å². The molecule has 4 N–H and O–H groups in total. The molecule has 3 amide bonds. The Labute approximate surface area is 417 Å². The molecule has 19 nitrogen and oxygen atoms in total. The van der Waals surface area contributed by atoms with Gasteiger partial charge in [-0.05, 0) is 94.1 Å². The smallest absolute Gasteiger partial charge is 0.407 e. The predicted octanol–water partition coefficient (Wildman–Crippen LogP) is 4.99. The summed E-state index contributed by atoms with van der Waals surface area (Å²) in [6.07, 6.45) is 11.4. The number of pyridine rings is 1. The number of anilines is 1. The first-order chi connectivity index (χ1) is 35.1. The van der Waals surface area contributed by atoms with Crippen molar-refractivity contribution in [2.45, 2.75) is 81.5 Å². The first-order valence-electron chi connectivity index (χ1n) is 24.4. The first kappa shape index (κ1) is 49.2. The molecule has 4 fully saturated rings. The van der Waals surface area contributed by atoms with E-state index in [1.54, 1.807) is 32.2 Å². The molecule has 4 saturated heterocycles. The van der Waals surface area contributed by atoms with Crippen LogP contribution in [0.1, 0.15) is 69.9 Å². The van der Waals surface area contributed by atoms with E-state index in [1.165, 1.54) is 39.6 Å². The summed E-state index contributed by atoms with van der Waals surface area (Å²) in [5.41, 5.74) is -1.04. The number of aromatic nitrogens is 5. The maximum absolute atomic E-state index is 17.1. The molecule has 0 spiro atoms. The van der Waals surface area contributed by atoms with Crippen molar-refractivity contribution in [3.63, 3.8) is 0 Å². The highest BCUT2D eigenvalue weighted by atomic mass is 19.1. The lowest BCUT2D eigenvalue weighted by atomic mass is 9.94. The number of imidazole rings is 1. The Morgan fingerprint density at radius 1 is 1.00 bits per heavy atom. The van der Waals surface area contributed by atoms with Crippen LogP contribution >= 0.6 is 0 Å². The summed E-state index contributed by atoms with van der Waals surface area (Å²) in [7, 11) is 1.61. The number of aromatic hydroxyl groups is 1. The molecule has 3 aromatic heterocycles.